The largest absolute Gasteiger partial charge is 0.377 e. The van der Waals surface area contributed by atoms with E-state index in [4.69, 9.17) is 0 Å². The highest BCUT2D eigenvalue weighted by Crippen LogP contribution is 2.25. The number of carbonyl (C=O) groups excluding carboxylic acids is 1. The summed E-state index contributed by atoms with van der Waals surface area (Å²) in [5.41, 5.74) is 0. The normalized spacial score (nSPS) is 19.2. The lowest BCUT2D eigenvalue weighted by atomic mass is 10.4. The summed E-state index contributed by atoms with van der Waals surface area (Å²) in [5.74, 6) is 0. The summed E-state index contributed by atoms with van der Waals surface area (Å²) < 4.78 is 0. The molecular weight excluding hydrogens is 170 g/mol. The summed E-state index contributed by atoms with van der Waals surface area (Å²) in [6, 6.07) is 0. The molecule has 0 N–H and O–H groups in total. The molecule has 0 aromatic rings. The summed E-state index contributed by atoms with van der Waals surface area (Å²) in [6.07, 6.45) is 5.51. The van der Waals surface area contributed by atoms with Gasteiger partial charge in [-0.3, -0.25) is 4.79 Å². The second kappa shape index (κ2) is 4.36. The lowest BCUT2D eigenvalue weighted by molar-refractivity contribution is -0.106. The maximum absolute atomic E-state index is 10.8. The fourth-order valence-corrected chi connectivity index (χ4v) is 1.70. The fourth-order valence-electron chi connectivity index (χ4n) is 0.990. The lowest BCUT2D eigenvalue weighted by Gasteiger charge is -2.15. The molecule has 0 aliphatic carbocycles. The van der Waals surface area contributed by atoms with Gasteiger partial charge in [-0.2, -0.15) is 0 Å². The van der Waals surface area contributed by atoms with Crippen LogP contribution in [0.15, 0.2) is 23.3 Å². The highest BCUT2D eigenvalue weighted by molar-refractivity contribution is 8.17. The molecule has 0 amide bonds. The molecule has 66 valence electrons. The van der Waals surface area contributed by atoms with Crippen molar-refractivity contribution in [2.75, 3.05) is 13.1 Å². The van der Waals surface area contributed by atoms with E-state index in [1.54, 1.807) is 6.08 Å². The van der Waals surface area contributed by atoms with Crippen LogP contribution in [0, 0.1) is 0 Å². The van der Waals surface area contributed by atoms with Crippen LogP contribution >= 0.6 is 11.8 Å². The minimum atomic E-state index is 0.133. The quantitative estimate of drug-likeness (QED) is 0.667. The minimum Gasteiger partial charge on any atom is -0.377 e. The highest BCUT2D eigenvalue weighted by Gasteiger charge is 2.09. The molecule has 1 heterocycles. The van der Waals surface area contributed by atoms with Crippen molar-refractivity contribution >= 4 is 16.9 Å². The molecule has 0 saturated carbocycles. The zero-order valence-corrected chi connectivity index (χ0v) is 8.23. The SMILES string of the molecule is CCN(/C=C1\C=CC(=O)S1)CC. The predicted molar refractivity (Wildman–Crippen MR) is 52.7 cm³/mol. The van der Waals surface area contributed by atoms with Gasteiger partial charge >= 0.3 is 0 Å². The van der Waals surface area contributed by atoms with E-state index in [1.165, 1.54) is 11.8 Å². The van der Waals surface area contributed by atoms with E-state index in [1.807, 2.05) is 12.3 Å². The smallest absolute Gasteiger partial charge is 0.216 e. The predicted octanol–water partition coefficient (Wildman–Crippen LogP) is 2.00. The van der Waals surface area contributed by atoms with Crippen LogP contribution in [-0.2, 0) is 4.79 Å². The second-order valence-corrected chi connectivity index (χ2v) is 3.59. The standard InChI is InChI=1S/C9H13NOS/c1-3-10(4-2)7-8-5-6-9(11)12-8/h5-7H,3-4H2,1-2H3/b8-7+. The first-order chi connectivity index (χ1) is 5.76. The van der Waals surface area contributed by atoms with Gasteiger partial charge in [-0.15, -0.1) is 0 Å². The van der Waals surface area contributed by atoms with Gasteiger partial charge in [0.1, 0.15) is 0 Å². The highest BCUT2D eigenvalue weighted by atomic mass is 32.2. The number of thioether (sulfide) groups is 1. The number of rotatable bonds is 3. The molecule has 0 atom stereocenters. The zero-order chi connectivity index (χ0) is 8.97. The Balaban J connectivity index is 2.57. The first kappa shape index (κ1) is 9.39. The topological polar surface area (TPSA) is 20.3 Å². The van der Waals surface area contributed by atoms with Crippen LogP contribution in [0.25, 0.3) is 0 Å². The molecular formula is C9H13NOS. The van der Waals surface area contributed by atoms with Crippen LogP contribution in [0.5, 0.6) is 0 Å². The van der Waals surface area contributed by atoms with Gasteiger partial charge in [0, 0.05) is 24.2 Å². The van der Waals surface area contributed by atoms with Crippen molar-refractivity contribution < 1.29 is 4.79 Å². The Hall–Kier alpha value is -0.700. The monoisotopic (exact) mass is 183 g/mol. The molecule has 0 bridgehead atoms. The molecule has 0 unspecified atom stereocenters. The second-order valence-electron chi connectivity index (χ2n) is 2.51. The van der Waals surface area contributed by atoms with E-state index in [0.29, 0.717) is 0 Å². The summed E-state index contributed by atoms with van der Waals surface area (Å²) in [4.78, 5) is 14.0. The number of nitrogens with zero attached hydrogens (tertiary/aromatic N) is 1. The van der Waals surface area contributed by atoms with Crippen molar-refractivity contribution in [3.8, 4) is 0 Å². The van der Waals surface area contributed by atoms with E-state index in [2.05, 4.69) is 18.7 Å². The van der Waals surface area contributed by atoms with E-state index in [0.717, 1.165) is 18.0 Å². The van der Waals surface area contributed by atoms with E-state index in [9.17, 15) is 4.79 Å². The van der Waals surface area contributed by atoms with Crippen molar-refractivity contribution in [3.05, 3.63) is 23.3 Å². The molecule has 0 saturated heterocycles. The van der Waals surface area contributed by atoms with Crippen molar-refractivity contribution in [2.45, 2.75) is 13.8 Å². The van der Waals surface area contributed by atoms with Crippen LogP contribution < -0.4 is 0 Å². The number of allylic oxidation sites excluding steroid dienone is 1. The lowest BCUT2D eigenvalue weighted by Crippen LogP contribution is -2.15. The maximum atomic E-state index is 10.8. The Morgan fingerprint density at radius 1 is 1.42 bits per heavy atom. The molecule has 0 radical (unpaired) electrons. The molecule has 0 aromatic heterocycles. The first-order valence-corrected chi connectivity index (χ1v) is 4.93. The third-order valence-electron chi connectivity index (χ3n) is 1.72. The van der Waals surface area contributed by atoms with Crippen molar-refractivity contribution in [1.82, 2.24) is 4.90 Å². The molecule has 1 rings (SSSR count). The summed E-state index contributed by atoms with van der Waals surface area (Å²) in [6.45, 7) is 6.18. The molecule has 0 spiro atoms. The molecule has 0 fully saturated rings. The average molecular weight is 183 g/mol. The van der Waals surface area contributed by atoms with Gasteiger partial charge in [0.05, 0.1) is 0 Å². The third kappa shape index (κ3) is 2.41. The fraction of sp³-hybridized carbons (Fsp3) is 0.444. The summed E-state index contributed by atoms with van der Waals surface area (Å²) in [7, 11) is 0. The Bertz CT molecular complexity index is 229. The van der Waals surface area contributed by atoms with Crippen LogP contribution in [0.3, 0.4) is 0 Å². The van der Waals surface area contributed by atoms with Crippen molar-refractivity contribution in [2.24, 2.45) is 0 Å². The number of carbonyl (C=O) groups is 1. The Morgan fingerprint density at radius 2 is 2.08 bits per heavy atom. The summed E-state index contributed by atoms with van der Waals surface area (Å²) >= 11 is 1.29. The van der Waals surface area contributed by atoms with Gasteiger partial charge in [0.2, 0.25) is 5.12 Å². The van der Waals surface area contributed by atoms with Crippen LogP contribution in [0.4, 0.5) is 0 Å². The molecule has 2 nitrogen and oxygen atoms in total. The van der Waals surface area contributed by atoms with Gasteiger partial charge in [0.15, 0.2) is 0 Å². The first-order valence-electron chi connectivity index (χ1n) is 4.12. The van der Waals surface area contributed by atoms with Gasteiger partial charge in [-0.05, 0) is 37.8 Å². The van der Waals surface area contributed by atoms with Gasteiger partial charge < -0.3 is 4.90 Å². The minimum absolute atomic E-state index is 0.133. The molecule has 1 aliphatic rings. The Morgan fingerprint density at radius 3 is 2.50 bits per heavy atom. The molecule has 3 heteroatoms. The third-order valence-corrected chi connectivity index (χ3v) is 2.54. The number of hydrogen-bond acceptors (Lipinski definition) is 3. The average Bonchev–Trinajstić information content (AvgIpc) is 2.47. The summed E-state index contributed by atoms with van der Waals surface area (Å²) in [5, 5.41) is 0.133. The Labute approximate surface area is 77.3 Å². The van der Waals surface area contributed by atoms with Crippen molar-refractivity contribution in [3.63, 3.8) is 0 Å². The van der Waals surface area contributed by atoms with E-state index < -0.39 is 0 Å². The molecule has 0 aromatic carbocycles. The van der Waals surface area contributed by atoms with E-state index >= 15 is 0 Å². The van der Waals surface area contributed by atoms with E-state index in [-0.39, 0.29) is 5.12 Å². The van der Waals surface area contributed by atoms with Gasteiger partial charge in [0.25, 0.3) is 0 Å². The molecule has 12 heavy (non-hydrogen) atoms. The van der Waals surface area contributed by atoms with Crippen LogP contribution in [0.1, 0.15) is 13.8 Å². The Kier molecular flexibility index (Phi) is 3.41. The van der Waals surface area contributed by atoms with Crippen LogP contribution in [-0.4, -0.2) is 23.1 Å². The number of hydrogen-bond donors (Lipinski definition) is 0. The van der Waals surface area contributed by atoms with Gasteiger partial charge in [-0.1, -0.05) is 0 Å². The molecule has 1 aliphatic heterocycles. The van der Waals surface area contributed by atoms with Crippen LogP contribution in [0.2, 0.25) is 0 Å². The maximum Gasteiger partial charge on any atom is 0.216 e. The van der Waals surface area contributed by atoms with Crippen molar-refractivity contribution in [1.29, 1.82) is 0 Å². The zero-order valence-electron chi connectivity index (χ0n) is 7.41. The van der Waals surface area contributed by atoms with Gasteiger partial charge in [-0.25, -0.2) is 0 Å².